The van der Waals surface area contributed by atoms with Crippen molar-refractivity contribution >= 4 is 5.91 Å². The summed E-state index contributed by atoms with van der Waals surface area (Å²) in [6, 6.07) is -0.822. The minimum atomic E-state index is -1.57. The molecular weight excluding hydrogens is 646 g/mol. The smallest absolute Gasteiger partial charge is 0.220 e. The van der Waals surface area contributed by atoms with E-state index in [0.717, 1.165) is 57.8 Å². The number of allylic oxidation sites excluding steroid dienone is 5. The first-order chi connectivity index (χ1) is 24.8. The van der Waals surface area contributed by atoms with Crippen LogP contribution in [0.1, 0.15) is 168 Å². The van der Waals surface area contributed by atoms with E-state index in [1.54, 1.807) is 6.08 Å². The summed E-state index contributed by atoms with van der Waals surface area (Å²) >= 11 is 0. The van der Waals surface area contributed by atoms with Gasteiger partial charge >= 0.3 is 0 Å². The second-order valence-electron chi connectivity index (χ2n) is 14.4. The van der Waals surface area contributed by atoms with Crippen LogP contribution in [0.15, 0.2) is 36.5 Å². The number of rotatable bonds is 33. The highest BCUT2D eigenvalue weighted by molar-refractivity contribution is 5.76. The Morgan fingerprint density at radius 1 is 0.647 bits per heavy atom. The zero-order valence-electron chi connectivity index (χ0n) is 32.4. The van der Waals surface area contributed by atoms with Gasteiger partial charge < -0.3 is 40.3 Å². The Labute approximate surface area is 311 Å². The molecule has 0 spiro atoms. The van der Waals surface area contributed by atoms with E-state index >= 15 is 0 Å². The summed E-state index contributed by atoms with van der Waals surface area (Å²) in [7, 11) is 0. The van der Waals surface area contributed by atoms with Crippen molar-refractivity contribution in [3.8, 4) is 0 Å². The molecule has 1 aliphatic rings. The van der Waals surface area contributed by atoms with Gasteiger partial charge in [-0.25, -0.2) is 0 Å². The lowest BCUT2D eigenvalue weighted by molar-refractivity contribution is -0.302. The molecule has 0 aromatic heterocycles. The molecule has 0 bridgehead atoms. The van der Waals surface area contributed by atoms with E-state index in [9.17, 15) is 30.3 Å². The molecule has 2 unspecified atom stereocenters. The lowest BCUT2D eigenvalue weighted by Gasteiger charge is -2.40. The number of hydrogen-bond donors (Lipinski definition) is 6. The molecule has 1 heterocycles. The van der Waals surface area contributed by atoms with E-state index in [4.69, 9.17) is 9.47 Å². The van der Waals surface area contributed by atoms with Crippen molar-refractivity contribution in [2.45, 2.75) is 211 Å². The van der Waals surface area contributed by atoms with Crippen LogP contribution in [-0.2, 0) is 14.3 Å². The first-order valence-corrected chi connectivity index (χ1v) is 20.7. The molecule has 6 N–H and O–H groups in total. The third-order valence-electron chi connectivity index (χ3n) is 9.69. The summed E-state index contributed by atoms with van der Waals surface area (Å²) in [6.07, 6.45) is 31.8. The molecule has 1 fully saturated rings. The number of aliphatic hydroxyl groups is 5. The minimum absolute atomic E-state index is 0.199. The van der Waals surface area contributed by atoms with Gasteiger partial charge in [-0.15, -0.1) is 0 Å². The number of carbonyl (C=O) groups is 1. The molecule has 1 saturated heterocycles. The van der Waals surface area contributed by atoms with Crippen LogP contribution in [0.25, 0.3) is 0 Å². The average Bonchev–Trinajstić information content (AvgIpc) is 3.13. The summed E-state index contributed by atoms with van der Waals surface area (Å²) in [5.41, 5.74) is 0. The van der Waals surface area contributed by atoms with Gasteiger partial charge in [0.05, 0.1) is 25.4 Å². The molecule has 1 amide bonds. The first-order valence-electron chi connectivity index (χ1n) is 20.7. The molecule has 51 heavy (non-hydrogen) atoms. The van der Waals surface area contributed by atoms with E-state index in [0.29, 0.717) is 6.42 Å². The van der Waals surface area contributed by atoms with Gasteiger partial charge in [0, 0.05) is 6.42 Å². The van der Waals surface area contributed by atoms with Gasteiger partial charge in [0.15, 0.2) is 6.29 Å². The number of aliphatic hydroxyl groups excluding tert-OH is 5. The van der Waals surface area contributed by atoms with Gasteiger partial charge in [-0.2, -0.15) is 0 Å². The van der Waals surface area contributed by atoms with Crippen LogP contribution in [0.3, 0.4) is 0 Å². The van der Waals surface area contributed by atoms with Crippen LogP contribution < -0.4 is 5.32 Å². The molecule has 0 aromatic carbocycles. The Balaban J connectivity index is 2.46. The van der Waals surface area contributed by atoms with E-state index in [1.807, 2.05) is 6.08 Å². The molecule has 0 aromatic rings. The summed E-state index contributed by atoms with van der Waals surface area (Å²) in [5, 5.41) is 54.0. The van der Waals surface area contributed by atoms with E-state index < -0.39 is 49.5 Å². The summed E-state index contributed by atoms with van der Waals surface area (Å²) in [4.78, 5) is 12.9. The van der Waals surface area contributed by atoms with Gasteiger partial charge in [-0.1, -0.05) is 140 Å². The van der Waals surface area contributed by atoms with Gasteiger partial charge in [-0.3, -0.25) is 4.79 Å². The first kappa shape index (κ1) is 47.4. The lowest BCUT2D eigenvalue weighted by Crippen LogP contribution is -2.60. The minimum Gasteiger partial charge on any atom is -0.394 e. The third kappa shape index (κ3) is 24.4. The van der Waals surface area contributed by atoms with Crippen molar-refractivity contribution in [1.29, 1.82) is 0 Å². The Morgan fingerprint density at radius 2 is 1.12 bits per heavy atom. The van der Waals surface area contributed by atoms with Gasteiger partial charge in [0.1, 0.15) is 24.4 Å². The molecule has 1 aliphatic heterocycles. The van der Waals surface area contributed by atoms with Crippen LogP contribution >= 0.6 is 0 Å². The molecule has 7 atom stereocenters. The van der Waals surface area contributed by atoms with Crippen molar-refractivity contribution in [2.75, 3.05) is 13.2 Å². The highest BCUT2D eigenvalue weighted by atomic mass is 16.7. The van der Waals surface area contributed by atoms with Crippen LogP contribution in [0.5, 0.6) is 0 Å². The highest BCUT2D eigenvalue weighted by Crippen LogP contribution is 2.22. The Kier molecular flexibility index (Phi) is 30.7. The average molecular weight is 724 g/mol. The second-order valence-corrected chi connectivity index (χ2v) is 14.4. The predicted molar refractivity (Wildman–Crippen MR) is 207 cm³/mol. The Bertz CT molecular complexity index is 894. The number of unbranched alkanes of at least 4 members (excludes halogenated alkanes) is 19. The summed E-state index contributed by atoms with van der Waals surface area (Å²) in [5.74, 6) is -0.199. The SMILES string of the molecule is CCCCCCC/C=C/CCCCCCCC(=O)N[C@@H](CO[C@H]1O[C@@H](CO)[C@H](O)C(O)C1O)[C@H](O)/C=C/CC/C=C/CCCCCCCCCC. The van der Waals surface area contributed by atoms with E-state index in [2.05, 4.69) is 43.5 Å². The summed E-state index contributed by atoms with van der Waals surface area (Å²) in [6.45, 7) is 3.71. The van der Waals surface area contributed by atoms with Crippen molar-refractivity contribution in [1.82, 2.24) is 5.32 Å². The quantitative estimate of drug-likeness (QED) is 0.0298. The maximum absolute atomic E-state index is 12.9. The molecule has 9 nitrogen and oxygen atoms in total. The summed E-state index contributed by atoms with van der Waals surface area (Å²) < 4.78 is 11.2. The van der Waals surface area contributed by atoms with Crippen molar-refractivity contribution in [3.63, 3.8) is 0 Å². The maximum atomic E-state index is 12.9. The number of nitrogens with one attached hydrogen (secondary N) is 1. The largest absolute Gasteiger partial charge is 0.394 e. The molecular formula is C42H77NO8. The van der Waals surface area contributed by atoms with E-state index in [1.165, 1.54) is 89.9 Å². The molecule has 9 heteroatoms. The second kappa shape index (κ2) is 33.0. The fourth-order valence-corrected chi connectivity index (χ4v) is 6.28. The molecule has 0 saturated carbocycles. The van der Waals surface area contributed by atoms with Crippen LogP contribution in [0.4, 0.5) is 0 Å². The van der Waals surface area contributed by atoms with Crippen LogP contribution in [0.2, 0.25) is 0 Å². The number of carbonyl (C=O) groups excluding carboxylic acids is 1. The van der Waals surface area contributed by atoms with Crippen molar-refractivity contribution < 1.29 is 39.8 Å². The zero-order valence-corrected chi connectivity index (χ0v) is 32.4. The van der Waals surface area contributed by atoms with Crippen LogP contribution in [-0.4, -0.2) is 87.5 Å². The molecule has 298 valence electrons. The van der Waals surface area contributed by atoms with Crippen molar-refractivity contribution in [2.24, 2.45) is 0 Å². The normalized spacial score (nSPS) is 22.4. The fourth-order valence-electron chi connectivity index (χ4n) is 6.28. The van der Waals surface area contributed by atoms with Crippen LogP contribution in [0, 0.1) is 0 Å². The number of amides is 1. The number of ether oxygens (including phenoxy) is 2. The monoisotopic (exact) mass is 724 g/mol. The Hall–Kier alpha value is -1.59. The molecule has 0 radical (unpaired) electrons. The van der Waals surface area contributed by atoms with E-state index in [-0.39, 0.29) is 12.5 Å². The highest BCUT2D eigenvalue weighted by Gasteiger charge is 2.44. The molecule has 1 rings (SSSR count). The zero-order chi connectivity index (χ0) is 37.4. The Morgan fingerprint density at radius 3 is 1.65 bits per heavy atom. The molecule has 0 aliphatic carbocycles. The van der Waals surface area contributed by atoms with Gasteiger partial charge in [0.25, 0.3) is 0 Å². The predicted octanol–water partition coefficient (Wildman–Crippen LogP) is 7.72. The number of hydrogen-bond acceptors (Lipinski definition) is 8. The third-order valence-corrected chi connectivity index (χ3v) is 9.69. The van der Waals surface area contributed by atoms with Gasteiger partial charge in [0.2, 0.25) is 5.91 Å². The van der Waals surface area contributed by atoms with Crippen molar-refractivity contribution in [3.05, 3.63) is 36.5 Å². The fraction of sp³-hybridized carbons (Fsp3) is 0.833. The maximum Gasteiger partial charge on any atom is 0.220 e. The lowest BCUT2D eigenvalue weighted by atomic mass is 9.99. The standard InChI is InChI=1S/C42H77NO8/c1-3-5-7-9-11-13-15-17-19-21-23-25-27-29-31-36(45)35(34-50-42-41(49)40(48)39(47)37(33-44)51-42)43-38(46)32-30-28-26-24-22-20-18-16-14-12-10-8-6-4-2/h16,18,21,23,29,31,35-37,39-42,44-45,47-49H,3-15,17,19-20,22,24-28,30,32-34H2,1-2H3,(H,43,46)/b18-16+,23-21+,31-29+/t35-,36+,37-,39-,40?,41?,42-/m0/s1. The topological polar surface area (TPSA) is 149 Å². The van der Waals surface area contributed by atoms with Gasteiger partial charge in [-0.05, 0) is 57.8 Å².